The number of nitrogens with zero attached hydrogens (tertiary/aromatic N) is 2. The summed E-state index contributed by atoms with van der Waals surface area (Å²) in [5, 5.41) is 11.3. The lowest BCUT2D eigenvalue weighted by atomic mass is 10.0. The molecule has 174 valence electrons. The van der Waals surface area contributed by atoms with Crippen molar-refractivity contribution in [1.29, 1.82) is 0 Å². The Morgan fingerprint density at radius 3 is 2.53 bits per heavy atom. The van der Waals surface area contributed by atoms with E-state index in [2.05, 4.69) is 15.9 Å². The molecule has 1 fully saturated rings. The maximum atomic E-state index is 13.0. The average molecular weight is 477 g/mol. The zero-order valence-electron chi connectivity index (χ0n) is 18.8. The second-order valence-corrected chi connectivity index (χ2v) is 8.83. The number of rotatable bonds is 5. The Labute approximate surface area is 203 Å². The van der Waals surface area contributed by atoms with Crippen molar-refractivity contribution in [3.05, 3.63) is 88.1 Å². The number of phenols is 1. The van der Waals surface area contributed by atoms with Gasteiger partial charge in [0.15, 0.2) is 5.76 Å². The van der Waals surface area contributed by atoms with Crippen LogP contribution in [0.1, 0.15) is 21.5 Å². The smallest absolute Gasteiger partial charge is 0.231 e. The van der Waals surface area contributed by atoms with Crippen LogP contribution in [-0.4, -0.2) is 49.1 Å². The molecule has 2 aliphatic heterocycles. The zero-order valence-corrected chi connectivity index (χ0v) is 19.6. The predicted octanol–water partition coefficient (Wildman–Crippen LogP) is 4.99. The molecule has 0 bridgehead atoms. The number of allylic oxidation sites excluding steroid dienone is 1. The van der Waals surface area contributed by atoms with Gasteiger partial charge < -0.3 is 19.5 Å². The van der Waals surface area contributed by atoms with Crippen molar-refractivity contribution in [2.75, 3.05) is 38.2 Å². The van der Waals surface area contributed by atoms with Gasteiger partial charge in [-0.3, -0.25) is 9.69 Å². The molecule has 7 heteroatoms. The number of piperazine rings is 1. The van der Waals surface area contributed by atoms with Crippen LogP contribution in [0.3, 0.4) is 0 Å². The second kappa shape index (κ2) is 9.41. The largest absolute Gasteiger partial charge is 0.507 e. The van der Waals surface area contributed by atoms with E-state index in [0.717, 1.165) is 48.2 Å². The van der Waals surface area contributed by atoms with Crippen molar-refractivity contribution in [2.24, 2.45) is 0 Å². The molecule has 6 nitrogen and oxygen atoms in total. The lowest BCUT2D eigenvalue weighted by molar-refractivity contribution is 0.101. The fraction of sp³-hybridized carbons (Fsp3) is 0.222. The Kier molecular flexibility index (Phi) is 6.18. The number of anilines is 1. The fourth-order valence-corrected chi connectivity index (χ4v) is 4.55. The Bertz CT molecular complexity index is 1250. The van der Waals surface area contributed by atoms with Gasteiger partial charge in [-0.25, -0.2) is 0 Å². The highest BCUT2D eigenvalue weighted by molar-refractivity contribution is 6.30. The summed E-state index contributed by atoms with van der Waals surface area (Å²) in [5.74, 6) is 1.39. The molecule has 0 atom stereocenters. The molecule has 0 spiro atoms. The first-order valence-electron chi connectivity index (χ1n) is 11.2. The summed E-state index contributed by atoms with van der Waals surface area (Å²) < 4.78 is 11.2. The van der Waals surface area contributed by atoms with E-state index in [4.69, 9.17) is 21.1 Å². The first-order valence-corrected chi connectivity index (χ1v) is 11.6. The van der Waals surface area contributed by atoms with Gasteiger partial charge in [-0.15, -0.1) is 0 Å². The van der Waals surface area contributed by atoms with Gasteiger partial charge in [-0.05, 0) is 54.1 Å². The van der Waals surface area contributed by atoms with Crippen LogP contribution in [0.5, 0.6) is 17.2 Å². The van der Waals surface area contributed by atoms with Gasteiger partial charge in [-0.2, -0.15) is 0 Å². The Balaban J connectivity index is 1.31. The number of hydrogen-bond acceptors (Lipinski definition) is 6. The van der Waals surface area contributed by atoms with Crippen LogP contribution in [0.15, 0.2) is 66.4 Å². The van der Waals surface area contributed by atoms with Gasteiger partial charge >= 0.3 is 0 Å². The summed E-state index contributed by atoms with van der Waals surface area (Å²) in [6.07, 6.45) is 1.71. The molecule has 0 amide bonds. The number of ketones is 1. The summed E-state index contributed by atoms with van der Waals surface area (Å²) in [6.45, 7) is 3.83. The molecule has 1 saturated heterocycles. The van der Waals surface area contributed by atoms with E-state index < -0.39 is 0 Å². The van der Waals surface area contributed by atoms with Gasteiger partial charge in [0, 0.05) is 43.4 Å². The third kappa shape index (κ3) is 4.47. The average Bonchev–Trinajstić information content (AvgIpc) is 3.17. The minimum atomic E-state index is -0.183. The number of benzene rings is 3. The summed E-state index contributed by atoms with van der Waals surface area (Å²) >= 11 is 6.14. The molecule has 1 N–H and O–H groups in total. The Morgan fingerprint density at radius 2 is 1.82 bits per heavy atom. The molecular formula is C27H25ClN2O4. The normalized spacial score (nSPS) is 17.1. The first-order chi connectivity index (χ1) is 16.5. The van der Waals surface area contributed by atoms with E-state index in [-0.39, 0.29) is 17.3 Å². The van der Waals surface area contributed by atoms with Crippen LogP contribution >= 0.6 is 11.6 Å². The van der Waals surface area contributed by atoms with Crippen molar-refractivity contribution in [1.82, 2.24) is 4.90 Å². The van der Waals surface area contributed by atoms with E-state index in [1.807, 2.05) is 42.5 Å². The topological polar surface area (TPSA) is 62.2 Å². The van der Waals surface area contributed by atoms with Gasteiger partial charge in [0.1, 0.15) is 17.2 Å². The van der Waals surface area contributed by atoms with Gasteiger partial charge in [0.05, 0.1) is 18.2 Å². The molecule has 3 aromatic carbocycles. The minimum Gasteiger partial charge on any atom is -0.507 e. The third-order valence-electron chi connectivity index (χ3n) is 6.26. The molecule has 34 heavy (non-hydrogen) atoms. The van der Waals surface area contributed by atoms with Gasteiger partial charge in [-0.1, -0.05) is 29.8 Å². The van der Waals surface area contributed by atoms with Crippen LogP contribution in [0.25, 0.3) is 6.08 Å². The molecule has 3 aromatic rings. The highest BCUT2D eigenvalue weighted by atomic mass is 35.5. The number of carbonyl (C=O) groups is 1. The van der Waals surface area contributed by atoms with Gasteiger partial charge in [0.25, 0.3) is 0 Å². The molecule has 0 saturated carbocycles. The number of fused-ring (bicyclic) bond motifs is 1. The van der Waals surface area contributed by atoms with E-state index in [1.165, 1.54) is 0 Å². The van der Waals surface area contributed by atoms with Crippen molar-refractivity contribution >= 4 is 29.1 Å². The van der Waals surface area contributed by atoms with Crippen molar-refractivity contribution in [3.63, 3.8) is 0 Å². The van der Waals surface area contributed by atoms with Crippen LogP contribution < -0.4 is 14.4 Å². The molecule has 2 aliphatic rings. The number of halogens is 1. The van der Waals surface area contributed by atoms with E-state index in [1.54, 1.807) is 25.3 Å². The quantitative estimate of drug-likeness (QED) is 0.523. The van der Waals surface area contributed by atoms with Crippen LogP contribution in [0.4, 0.5) is 5.69 Å². The van der Waals surface area contributed by atoms with Crippen LogP contribution in [0, 0.1) is 0 Å². The highest BCUT2D eigenvalue weighted by Gasteiger charge is 2.32. The monoisotopic (exact) mass is 476 g/mol. The summed E-state index contributed by atoms with van der Waals surface area (Å²) in [4.78, 5) is 17.5. The lowest BCUT2D eigenvalue weighted by Crippen LogP contribution is -2.46. The molecule has 0 radical (unpaired) electrons. The van der Waals surface area contributed by atoms with Crippen molar-refractivity contribution in [3.8, 4) is 17.2 Å². The number of carbonyl (C=O) groups excluding carboxylic acids is 1. The standard InChI is InChI=1S/C27H25ClN2O4/c1-33-21-7-5-18(6-8-21)15-25-26(32)22-9-10-24(31)23(27(22)34-25)17-29-11-13-30(14-12-29)20-4-2-3-19(28)16-20/h2-10,15-16,31H,11-14,17H2,1H3/b25-15-. The number of hydrogen-bond donors (Lipinski definition) is 1. The predicted molar refractivity (Wildman–Crippen MR) is 133 cm³/mol. The first kappa shape index (κ1) is 22.3. The maximum absolute atomic E-state index is 13.0. The third-order valence-corrected chi connectivity index (χ3v) is 6.49. The molecule has 2 heterocycles. The van der Waals surface area contributed by atoms with E-state index in [9.17, 15) is 9.90 Å². The van der Waals surface area contributed by atoms with Gasteiger partial charge in [0.2, 0.25) is 5.78 Å². The van der Waals surface area contributed by atoms with Crippen molar-refractivity contribution in [2.45, 2.75) is 6.54 Å². The summed E-state index contributed by atoms with van der Waals surface area (Å²) in [5.41, 5.74) is 3.06. The summed E-state index contributed by atoms with van der Waals surface area (Å²) in [7, 11) is 1.61. The Morgan fingerprint density at radius 1 is 1.06 bits per heavy atom. The maximum Gasteiger partial charge on any atom is 0.231 e. The molecule has 0 aromatic heterocycles. The Hall–Kier alpha value is -3.48. The SMILES string of the molecule is COc1ccc(/C=C2\Oc3c(ccc(O)c3CN3CCN(c4cccc(Cl)c4)CC3)C2=O)cc1. The fourth-order valence-electron chi connectivity index (χ4n) is 4.36. The number of methoxy groups -OCH3 is 1. The molecular weight excluding hydrogens is 452 g/mol. The molecule has 0 aliphatic carbocycles. The minimum absolute atomic E-state index is 0.134. The number of aromatic hydroxyl groups is 1. The van der Waals surface area contributed by atoms with Crippen molar-refractivity contribution < 1.29 is 19.4 Å². The van der Waals surface area contributed by atoms with E-state index in [0.29, 0.717) is 23.4 Å². The molecule has 0 unspecified atom stereocenters. The summed E-state index contributed by atoms with van der Waals surface area (Å²) in [6, 6.07) is 18.5. The van der Waals surface area contributed by atoms with E-state index >= 15 is 0 Å². The number of Topliss-reactive ketones (excluding diaryl/α,β-unsaturated/α-hetero) is 1. The molecule has 5 rings (SSSR count). The highest BCUT2D eigenvalue weighted by Crippen LogP contribution is 2.40. The number of phenolic OH excluding ortho intramolecular Hbond substituents is 1. The second-order valence-electron chi connectivity index (χ2n) is 8.40. The van der Waals surface area contributed by atoms with Crippen LogP contribution in [0.2, 0.25) is 5.02 Å². The van der Waals surface area contributed by atoms with Crippen LogP contribution in [-0.2, 0) is 6.54 Å². The lowest BCUT2D eigenvalue weighted by Gasteiger charge is -2.36. The number of ether oxygens (including phenoxy) is 2. The zero-order chi connectivity index (χ0) is 23.7.